The highest BCUT2D eigenvalue weighted by molar-refractivity contribution is 6.10. The van der Waals surface area contributed by atoms with Gasteiger partial charge < -0.3 is 15.8 Å². The lowest BCUT2D eigenvalue weighted by Crippen LogP contribution is -2.21. The molecule has 0 aromatic carbocycles. The summed E-state index contributed by atoms with van der Waals surface area (Å²) in [4.78, 5) is 40.7. The van der Waals surface area contributed by atoms with Gasteiger partial charge in [0.2, 0.25) is 5.88 Å². The summed E-state index contributed by atoms with van der Waals surface area (Å²) in [5.74, 6) is -1.27. The Hall–Kier alpha value is -3.23. The molecule has 0 bridgehead atoms. The van der Waals surface area contributed by atoms with Crippen molar-refractivity contribution < 1.29 is 19.1 Å². The van der Waals surface area contributed by atoms with Crippen molar-refractivity contribution >= 4 is 23.3 Å². The van der Waals surface area contributed by atoms with Crippen LogP contribution in [0.5, 0.6) is 5.88 Å². The minimum absolute atomic E-state index is 0.0192. The van der Waals surface area contributed by atoms with Crippen LogP contribution in [-0.2, 0) is 6.54 Å². The number of nitrogens with zero attached hydrogens (tertiary/aromatic N) is 3. The highest BCUT2D eigenvalue weighted by atomic mass is 16.5. The monoisotopic (exact) mass is 385 g/mol. The molecule has 2 aromatic heterocycles. The lowest BCUT2D eigenvalue weighted by molar-refractivity contribution is 0.0992. The Morgan fingerprint density at radius 1 is 1.39 bits per heavy atom. The predicted octanol–water partition coefficient (Wildman–Crippen LogP) is 2.13. The minimum atomic E-state index is -0.718. The van der Waals surface area contributed by atoms with Gasteiger partial charge in [0.05, 0.1) is 18.0 Å². The van der Waals surface area contributed by atoms with Gasteiger partial charge in [-0.15, -0.1) is 0 Å². The molecule has 2 aromatic rings. The molecule has 2 amide bonds. The second-order valence-electron chi connectivity index (χ2n) is 6.76. The zero-order valence-corrected chi connectivity index (χ0v) is 16.1. The lowest BCUT2D eigenvalue weighted by Gasteiger charge is -2.21. The van der Waals surface area contributed by atoms with E-state index in [0.29, 0.717) is 18.8 Å². The maximum atomic E-state index is 13.0. The number of ketones is 1. The van der Waals surface area contributed by atoms with Crippen molar-refractivity contribution in [3.63, 3.8) is 0 Å². The van der Waals surface area contributed by atoms with E-state index in [-0.39, 0.29) is 34.4 Å². The van der Waals surface area contributed by atoms with Crippen LogP contribution in [0.15, 0.2) is 12.3 Å². The Kier molecular flexibility index (Phi) is 5.43. The van der Waals surface area contributed by atoms with Gasteiger partial charge in [-0.3, -0.25) is 19.1 Å². The average molecular weight is 385 g/mol. The second kappa shape index (κ2) is 7.79. The topological polar surface area (TPSA) is 129 Å². The summed E-state index contributed by atoms with van der Waals surface area (Å²) in [7, 11) is 0. The summed E-state index contributed by atoms with van der Waals surface area (Å²) >= 11 is 0. The molecule has 0 radical (unpaired) electrons. The van der Waals surface area contributed by atoms with Crippen LogP contribution in [0.3, 0.4) is 0 Å². The molecule has 3 N–H and O–H groups in total. The summed E-state index contributed by atoms with van der Waals surface area (Å²) in [6, 6.07) is 1.43. The van der Waals surface area contributed by atoms with E-state index in [2.05, 4.69) is 15.4 Å². The number of hydrogen-bond acceptors (Lipinski definition) is 6. The van der Waals surface area contributed by atoms with Crippen molar-refractivity contribution in [2.45, 2.75) is 46.1 Å². The number of nitrogens with two attached hydrogens (primary N) is 1. The number of fused-ring (bicyclic) bond motifs is 1. The van der Waals surface area contributed by atoms with Crippen LogP contribution in [0.2, 0.25) is 0 Å². The molecule has 1 atom stereocenters. The molecular weight excluding hydrogens is 362 g/mol. The summed E-state index contributed by atoms with van der Waals surface area (Å²) in [6.07, 6.45) is 3.21. The van der Waals surface area contributed by atoms with Gasteiger partial charge in [-0.1, -0.05) is 6.92 Å². The zero-order chi connectivity index (χ0) is 20.4. The Morgan fingerprint density at radius 3 is 2.79 bits per heavy atom. The fraction of sp³-hybridized carbons (Fsp3) is 0.421. The Morgan fingerprint density at radius 2 is 2.14 bits per heavy atom. The van der Waals surface area contributed by atoms with Crippen molar-refractivity contribution in [2.24, 2.45) is 5.73 Å². The maximum absolute atomic E-state index is 13.0. The van der Waals surface area contributed by atoms with Crippen molar-refractivity contribution in [3.05, 3.63) is 34.8 Å². The highest BCUT2D eigenvalue weighted by Crippen LogP contribution is 2.35. The van der Waals surface area contributed by atoms with Gasteiger partial charge in [-0.05, 0) is 32.8 Å². The molecule has 1 aliphatic heterocycles. The number of primary amides is 1. The first-order chi connectivity index (χ1) is 13.3. The molecule has 9 heteroatoms. The number of amides is 2. The van der Waals surface area contributed by atoms with E-state index in [1.165, 1.54) is 19.2 Å². The average Bonchev–Trinajstić information content (AvgIpc) is 3.02. The van der Waals surface area contributed by atoms with Gasteiger partial charge in [0.25, 0.3) is 11.8 Å². The number of carbonyl (C=O) groups excluding carboxylic acids is 3. The number of carbonyl (C=O) groups is 3. The van der Waals surface area contributed by atoms with E-state index in [9.17, 15) is 14.4 Å². The zero-order valence-electron chi connectivity index (χ0n) is 16.1. The molecule has 1 aliphatic rings. The normalized spacial score (nSPS) is 15.6. The van der Waals surface area contributed by atoms with Crippen LogP contribution in [0.4, 0.5) is 5.69 Å². The van der Waals surface area contributed by atoms with E-state index >= 15 is 0 Å². The number of aryl methyl sites for hydroxylation is 1. The van der Waals surface area contributed by atoms with Crippen LogP contribution in [0, 0.1) is 0 Å². The van der Waals surface area contributed by atoms with E-state index in [0.717, 1.165) is 18.5 Å². The van der Waals surface area contributed by atoms with Gasteiger partial charge >= 0.3 is 0 Å². The Balaban J connectivity index is 2.04. The minimum Gasteiger partial charge on any atom is -0.477 e. The summed E-state index contributed by atoms with van der Waals surface area (Å²) < 4.78 is 7.15. The van der Waals surface area contributed by atoms with Crippen molar-refractivity contribution in [2.75, 3.05) is 11.9 Å². The maximum Gasteiger partial charge on any atom is 0.271 e. The largest absolute Gasteiger partial charge is 0.477 e. The fourth-order valence-corrected chi connectivity index (χ4v) is 3.37. The van der Waals surface area contributed by atoms with Gasteiger partial charge in [0.15, 0.2) is 11.5 Å². The summed E-state index contributed by atoms with van der Waals surface area (Å²) in [5.41, 5.74) is 6.96. The smallest absolute Gasteiger partial charge is 0.271 e. The van der Waals surface area contributed by atoms with E-state index in [4.69, 9.17) is 10.5 Å². The standard InChI is InChI=1S/C19H23N5O4/c1-4-28-19-13(8-12(9-21-19)11(3)25)18(27)22-14-15(17(20)26)23-24-7-5-6-10(2)16(14)24/h8-10H,4-7H2,1-3H3,(H2,20,26)(H,22,27). The SMILES string of the molecule is CCOc1ncc(C(C)=O)cc1C(=O)Nc1c(C(N)=O)nn2c1C(C)CCC2. The van der Waals surface area contributed by atoms with Crippen LogP contribution >= 0.6 is 0 Å². The molecule has 3 rings (SSSR count). The lowest BCUT2D eigenvalue weighted by atomic mass is 9.96. The molecule has 0 fully saturated rings. The van der Waals surface area contributed by atoms with Gasteiger partial charge in [-0.25, -0.2) is 4.98 Å². The predicted molar refractivity (Wildman–Crippen MR) is 102 cm³/mol. The first-order valence-electron chi connectivity index (χ1n) is 9.19. The summed E-state index contributed by atoms with van der Waals surface area (Å²) in [5, 5.41) is 7.04. The second-order valence-corrected chi connectivity index (χ2v) is 6.76. The van der Waals surface area contributed by atoms with Crippen LogP contribution < -0.4 is 15.8 Å². The first-order valence-corrected chi connectivity index (χ1v) is 9.19. The molecule has 28 heavy (non-hydrogen) atoms. The number of anilines is 1. The fourth-order valence-electron chi connectivity index (χ4n) is 3.37. The number of rotatable bonds is 6. The quantitative estimate of drug-likeness (QED) is 0.733. The number of nitrogens with one attached hydrogen (secondary N) is 1. The van der Waals surface area contributed by atoms with E-state index in [1.807, 2.05) is 6.92 Å². The number of aromatic nitrogens is 3. The number of hydrogen-bond donors (Lipinski definition) is 2. The molecule has 1 unspecified atom stereocenters. The molecule has 148 valence electrons. The van der Waals surface area contributed by atoms with Crippen molar-refractivity contribution in [3.8, 4) is 5.88 Å². The molecule has 3 heterocycles. The van der Waals surface area contributed by atoms with Crippen LogP contribution in [0.25, 0.3) is 0 Å². The number of ether oxygens (including phenoxy) is 1. The summed E-state index contributed by atoms with van der Waals surface area (Å²) in [6.45, 7) is 6.13. The first kappa shape index (κ1) is 19.5. The van der Waals surface area contributed by atoms with Crippen molar-refractivity contribution in [1.82, 2.24) is 14.8 Å². The van der Waals surface area contributed by atoms with Crippen LogP contribution in [0.1, 0.15) is 76.4 Å². The van der Waals surface area contributed by atoms with Gasteiger partial charge in [0, 0.05) is 24.2 Å². The van der Waals surface area contributed by atoms with Crippen LogP contribution in [-0.4, -0.2) is 39.0 Å². The molecule has 0 spiro atoms. The molecule has 0 aliphatic carbocycles. The van der Waals surface area contributed by atoms with E-state index < -0.39 is 11.8 Å². The number of Topliss-reactive ketones (excluding diaryl/α,β-unsaturated/α-hetero) is 1. The molecule has 0 saturated heterocycles. The molecule has 9 nitrogen and oxygen atoms in total. The van der Waals surface area contributed by atoms with Gasteiger partial charge in [0.1, 0.15) is 5.56 Å². The number of pyridine rings is 1. The Bertz CT molecular complexity index is 950. The van der Waals surface area contributed by atoms with E-state index in [1.54, 1.807) is 11.6 Å². The third-order valence-electron chi connectivity index (χ3n) is 4.72. The van der Waals surface area contributed by atoms with Gasteiger partial charge in [-0.2, -0.15) is 5.10 Å². The third-order valence-corrected chi connectivity index (χ3v) is 4.72. The molecule has 0 saturated carbocycles. The third kappa shape index (κ3) is 3.60. The Labute approximate surface area is 162 Å². The van der Waals surface area contributed by atoms with Crippen molar-refractivity contribution in [1.29, 1.82) is 0 Å². The molecular formula is C19H23N5O4. The highest BCUT2D eigenvalue weighted by Gasteiger charge is 2.29.